The maximum Gasteiger partial charge on any atom is 0.240 e. The molecule has 2 saturated heterocycles. The molecular weight excluding hydrogens is 386 g/mol. The lowest BCUT2D eigenvalue weighted by molar-refractivity contribution is -0.133. The van der Waals surface area contributed by atoms with Crippen LogP contribution in [-0.4, -0.2) is 51.4 Å². The van der Waals surface area contributed by atoms with Crippen LogP contribution in [-0.2, 0) is 14.8 Å². The van der Waals surface area contributed by atoms with Crippen molar-refractivity contribution in [3.05, 3.63) is 29.8 Å². The van der Waals surface area contributed by atoms with E-state index < -0.39 is 10.0 Å². The highest BCUT2D eigenvalue weighted by Crippen LogP contribution is 2.19. The fraction of sp³-hybridized carbons (Fsp3) is 0.632. The van der Waals surface area contributed by atoms with E-state index in [1.165, 1.54) is 0 Å². The molecule has 3 rings (SSSR count). The molecule has 1 amide bonds. The average molecular weight is 416 g/mol. The molecule has 1 aromatic rings. The van der Waals surface area contributed by atoms with Gasteiger partial charge < -0.3 is 10.2 Å². The molecule has 152 valence electrons. The Morgan fingerprint density at radius 2 is 1.96 bits per heavy atom. The predicted molar refractivity (Wildman–Crippen MR) is 109 cm³/mol. The Morgan fingerprint density at radius 3 is 2.63 bits per heavy atom. The zero-order chi connectivity index (χ0) is 18.6. The predicted octanol–water partition coefficient (Wildman–Crippen LogP) is 2.08. The van der Waals surface area contributed by atoms with Crippen LogP contribution in [0.4, 0.5) is 0 Å². The fourth-order valence-electron chi connectivity index (χ4n) is 3.76. The second-order valence-electron chi connectivity index (χ2n) is 7.51. The summed E-state index contributed by atoms with van der Waals surface area (Å²) in [5.41, 5.74) is 1.03. The zero-order valence-electron chi connectivity index (χ0n) is 15.8. The van der Waals surface area contributed by atoms with Gasteiger partial charge in [-0.15, -0.1) is 12.4 Å². The molecule has 8 heteroatoms. The number of hydrogen-bond donors (Lipinski definition) is 2. The van der Waals surface area contributed by atoms with Gasteiger partial charge in [0.05, 0.1) is 4.90 Å². The van der Waals surface area contributed by atoms with Crippen LogP contribution in [0, 0.1) is 12.8 Å². The van der Waals surface area contributed by atoms with Crippen molar-refractivity contribution in [2.75, 3.05) is 26.2 Å². The van der Waals surface area contributed by atoms with E-state index >= 15 is 0 Å². The number of carbonyl (C=O) groups excluding carboxylic acids is 1. The Bertz CT molecular complexity index is 718. The lowest BCUT2D eigenvalue weighted by atomic mass is 9.97. The molecule has 0 bridgehead atoms. The first-order valence-corrected chi connectivity index (χ1v) is 11.0. The van der Waals surface area contributed by atoms with Gasteiger partial charge in [-0.3, -0.25) is 4.79 Å². The van der Waals surface area contributed by atoms with Gasteiger partial charge in [-0.2, -0.15) is 0 Å². The van der Waals surface area contributed by atoms with Crippen LogP contribution >= 0.6 is 12.4 Å². The second-order valence-corrected chi connectivity index (χ2v) is 9.28. The summed E-state index contributed by atoms with van der Waals surface area (Å²) >= 11 is 0. The molecule has 0 aromatic heterocycles. The first-order valence-electron chi connectivity index (χ1n) is 9.51. The van der Waals surface area contributed by atoms with Gasteiger partial charge in [-0.25, -0.2) is 13.1 Å². The van der Waals surface area contributed by atoms with Gasteiger partial charge in [-0.05, 0) is 57.2 Å². The van der Waals surface area contributed by atoms with E-state index in [0.29, 0.717) is 30.4 Å². The van der Waals surface area contributed by atoms with Crippen molar-refractivity contribution in [2.24, 2.45) is 5.92 Å². The summed E-state index contributed by atoms with van der Waals surface area (Å²) in [7, 11) is -3.50. The number of rotatable bonds is 6. The topological polar surface area (TPSA) is 78.5 Å². The van der Waals surface area contributed by atoms with Crippen LogP contribution in [0.1, 0.15) is 37.7 Å². The van der Waals surface area contributed by atoms with Crippen molar-refractivity contribution in [2.45, 2.75) is 50.0 Å². The van der Waals surface area contributed by atoms with Gasteiger partial charge in [-0.1, -0.05) is 17.7 Å². The van der Waals surface area contributed by atoms with Crippen LogP contribution in [0.5, 0.6) is 0 Å². The standard InChI is InChI=1S/C19H29N3O3S.ClH/c1-15-6-8-18(9-7-15)26(24,25)21-13-16-4-3-11-22(14-16)19(23)12-17-5-2-10-20-17;/h6-9,16-17,20-21H,2-5,10-14H2,1H3;1H. The minimum Gasteiger partial charge on any atom is -0.342 e. The molecule has 0 saturated carbocycles. The van der Waals surface area contributed by atoms with Crippen molar-refractivity contribution in [3.63, 3.8) is 0 Å². The SMILES string of the molecule is Cc1ccc(S(=O)(=O)NCC2CCCN(C(=O)CC3CCCN3)C2)cc1.Cl. The number of carbonyl (C=O) groups is 1. The Balaban J connectivity index is 0.00000261. The molecule has 0 aliphatic carbocycles. The summed E-state index contributed by atoms with van der Waals surface area (Å²) in [5, 5.41) is 3.37. The quantitative estimate of drug-likeness (QED) is 0.745. The largest absolute Gasteiger partial charge is 0.342 e. The van der Waals surface area contributed by atoms with Crippen molar-refractivity contribution < 1.29 is 13.2 Å². The molecule has 2 aliphatic heterocycles. The molecular formula is C19H30ClN3O3S. The number of likely N-dealkylation sites (tertiary alicyclic amines) is 1. The van der Waals surface area contributed by atoms with E-state index in [2.05, 4.69) is 10.0 Å². The maximum absolute atomic E-state index is 12.5. The van der Waals surface area contributed by atoms with Crippen molar-refractivity contribution in [1.29, 1.82) is 0 Å². The highest BCUT2D eigenvalue weighted by molar-refractivity contribution is 7.89. The first-order chi connectivity index (χ1) is 12.4. The molecule has 2 aliphatic rings. The number of benzene rings is 1. The normalized spacial score (nSPS) is 23.1. The molecule has 2 atom stereocenters. The van der Waals surface area contributed by atoms with E-state index in [-0.39, 0.29) is 24.2 Å². The minimum atomic E-state index is -3.50. The number of halogens is 1. The van der Waals surface area contributed by atoms with Gasteiger partial charge in [0.1, 0.15) is 0 Å². The van der Waals surface area contributed by atoms with E-state index in [1.54, 1.807) is 24.3 Å². The number of hydrogen-bond acceptors (Lipinski definition) is 4. The Morgan fingerprint density at radius 1 is 1.22 bits per heavy atom. The van der Waals surface area contributed by atoms with E-state index in [9.17, 15) is 13.2 Å². The number of nitrogens with one attached hydrogen (secondary N) is 2. The lowest BCUT2D eigenvalue weighted by Crippen LogP contribution is -2.45. The molecule has 2 heterocycles. The molecule has 2 N–H and O–H groups in total. The van der Waals surface area contributed by atoms with Crippen LogP contribution in [0.2, 0.25) is 0 Å². The second kappa shape index (κ2) is 9.87. The Hall–Kier alpha value is -1.15. The van der Waals surface area contributed by atoms with Crippen molar-refractivity contribution >= 4 is 28.3 Å². The summed E-state index contributed by atoms with van der Waals surface area (Å²) in [6, 6.07) is 7.16. The first kappa shape index (κ1) is 22.1. The zero-order valence-corrected chi connectivity index (χ0v) is 17.4. The van der Waals surface area contributed by atoms with Crippen LogP contribution in [0.15, 0.2) is 29.2 Å². The highest BCUT2D eigenvalue weighted by Gasteiger charge is 2.27. The Kier molecular flexibility index (Phi) is 8.09. The van der Waals surface area contributed by atoms with Gasteiger partial charge in [0.25, 0.3) is 0 Å². The fourth-order valence-corrected chi connectivity index (χ4v) is 4.87. The minimum absolute atomic E-state index is 0. The van der Waals surface area contributed by atoms with E-state index in [4.69, 9.17) is 0 Å². The molecule has 0 radical (unpaired) electrons. The van der Waals surface area contributed by atoms with E-state index in [1.807, 2.05) is 11.8 Å². The van der Waals surface area contributed by atoms with Crippen LogP contribution < -0.4 is 10.0 Å². The molecule has 2 unspecified atom stereocenters. The van der Waals surface area contributed by atoms with Gasteiger partial charge in [0.15, 0.2) is 0 Å². The monoisotopic (exact) mass is 415 g/mol. The number of amides is 1. The summed E-state index contributed by atoms with van der Waals surface area (Å²) < 4.78 is 27.6. The maximum atomic E-state index is 12.5. The van der Waals surface area contributed by atoms with Gasteiger partial charge >= 0.3 is 0 Å². The lowest BCUT2D eigenvalue weighted by Gasteiger charge is -2.33. The Labute approximate surface area is 168 Å². The third-order valence-electron chi connectivity index (χ3n) is 5.35. The van der Waals surface area contributed by atoms with Crippen molar-refractivity contribution in [1.82, 2.24) is 14.9 Å². The molecule has 2 fully saturated rings. The molecule has 6 nitrogen and oxygen atoms in total. The van der Waals surface area contributed by atoms with Crippen LogP contribution in [0.3, 0.4) is 0 Å². The molecule has 0 spiro atoms. The van der Waals surface area contributed by atoms with Crippen molar-refractivity contribution in [3.8, 4) is 0 Å². The third-order valence-corrected chi connectivity index (χ3v) is 6.79. The molecule has 1 aromatic carbocycles. The summed E-state index contributed by atoms with van der Waals surface area (Å²) in [4.78, 5) is 14.7. The van der Waals surface area contributed by atoms with E-state index in [0.717, 1.165) is 44.3 Å². The number of aryl methyl sites for hydroxylation is 1. The smallest absolute Gasteiger partial charge is 0.240 e. The summed E-state index contributed by atoms with van der Waals surface area (Å²) in [6.07, 6.45) is 4.64. The number of piperidine rings is 1. The number of sulfonamides is 1. The van der Waals surface area contributed by atoms with Gasteiger partial charge in [0, 0.05) is 32.1 Å². The highest BCUT2D eigenvalue weighted by atomic mass is 35.5. The molecule has 27 heavy (non-hydrogen) atoms. The van der Waals surface area contributed by atoms with Crippen LogP contribution in [0.25, 0.3) is 0 Å². The summed E-state index contributed by atoms with van der Waals surface area (Å²) in [5.74, 6) is 0.361. The number of nitrogens with zero attached hydrogens (tertiary/aromatic N) is 1. The van der Waals surface area contributed by atoms with Gasteiger partial charge in [0.2, 0.25) is 15.9 Å². The summed E-state index contributed by atoms with van der Waals surface area (Å²) in [6.45, 7) is 4.73. The average Bonchev–Trinajstić information content (AvgIpc) is 3.14. The third kappa shape index (κ3) is 6.17.